The first kappa shape index (κ1) is 12.2. The van der Waals surface area contributed by atoms with Gasteiger partial charge in [0.1, 0.15) is 11.0 Å². The van der Waals surface area contributed by atoms with Gasteiger partial charge in [0.2, 0.25) is 0 Å². The van der Waals surface area contributed by atoms with Crippen molar-refractivity contribution in [1.29, 1.82) is 0 Å². The standard InChI is InChI=1S/C7H6N4O7/c12-1-2-7(18-2)10-6(15)4(13)3(8-9-10)5(14)11(16)17/h2-3,7,12H,1H2. The van der Waals surface area contributed by atoms with Gasteiger partial charge in [-0.3, -0.25) is 19.7 Å². The van der Waals surface area contributed by atoms with E-state index < -0.39 is 40.9 Å². The number of hydrogen-bond donors (Lipinski definition) is 1. The molecule has 96 valence electrons. The molecule has 0 radical (unpaired) electrons. The number of epoxide rings is 1. The van der Waals surface area contributed by atoms with E-state index in [1.165, 1.54) is 0 Å². The summed E-state index contributed by atoms with van der Waals surface area (Å²) in [7, 11) is 0. The lowest BCUT2D eigenvalue weighted by molar-refractivity contribution is -0.402. The zero-order valence-electron chi connectivity index (χ0n) is 8.62. The average Bonchev–Trinajstić information content (AvgIpc) is 3.11. The van der Waals surface area contributed by atoms with Crippen molar-refractivity contribution >= 4 is 17.6 Å². The molecule has 2 amide bonds. The third kappa shape index (κ3) is 1.84. The van der Waals surface area contributed by atoms with Crippen molar-refractivity contribution < 1.29 is 29.2 Å². The first-order chi connectivity index (χ1) is 8.47. The molecular weight excluding hydrogens is 252 g/mol. The van der Waals surface area contributed by atoms with Crippen LogP contribution >= 0.6 is 0 Å². The SMILES string of the molecule is O=C1C(=O)N(C2OC2CO)N=NC1C(=O)[N+](=O)[O-]. The number of ether oxygens (including phenoxy) is 1. The summed E-state index contributed by atoms with van der Waals surface area (Å²) in [5.41, 5.74) is 0. The first-order valence-corrected chi connectivity index (χ1v) is 4.70. The molecule has 3 unspecified atom stereocenters. The van der Waals surface area contributed by atoms with Crippen LogP contribution in [0.5, 0.6) is 0 Å². The Balaban J connectivity index is 2.16. The van der Waals surface area contributed by atoms with Gasteiger partial charge in [-0.05, 0) is 0 Å². The summed E-state index contributed by atoms with van der Waals surface area (Å²) < 4.78 is 4.80. The number of rotatable bonds is 3. The van der Waals surface area contributed by atoms with Crippen molar-refractivity contribution in [3.63, 3.8) is 0 Å². The van der Waals surface area contributed by atoms with Crippen molar-refractivity contribution in [2.75, 3.05) is 6.61 Å². The van der Waals surface area contributed by atoms with Gasteiger partial charge in [0, 0.05) is 0 Å². The maximum Gasteiger partial charge on any atom is 0.478 e. The van der Waals surface area contributed by atoms with E-state index >= 15 is 0 Å². The van der Waals surface area contributed by atoms with E-state index in [-0.39, 0.29) is 6.61 Å². The minimum atomic E-state index is -2.05. The molecule has 2 heterocycles. The van der Waals surface area contributed by atoms with Crippen molar-refractivity contribution in [3.8, 4) is 0 Å². The highest BCUT2D eigenvalue weighted by molar-refractivity contribution is 6.42. The number of carbonyl (C=O) groups is 3. The molecule has 0 spiro atoms. The van der Waals surface area contributed by atoms with Gasteiger partial charge in [0.15, 0.2) is 6.23 Å². The number of nitrogens with zero attached hydrogens (tertiary/aromatic N) is 4. The largest absolute Gasteiger partial charge is 0.478 e. The van der Waals surface area contributed by atoms with Gasteiger partial charge in [-0.2, -0.15) is 5.01 Å². The molecule has 0 aromatic rings. The van der Waals surface area contributed by atoms with Crippen LogP contribution in [0.25, 0.3) is 0 Å². The number of aliphatic hydroxyl groups excluding tert-OH is 1. The van der Waals surface area contributed by atoms with Crippen molar-refractivity contribution in [2.45, 2.75) is 18.4 Å². The van der Waals surface area contributed by atoms with Crippen LogP contribution < -0.4 is 0 Å². The van der Waals surface area contributed by atoms with Crippen LogP contribution in [0.1, 0.15) is 0 Å². The number of aliphatic hydroxyl groups is 1. The lowest BCUT2D eigenvalue weighted by Crippen LogP contribution is -2.48. The fraction of sp³-hybridized carbons (Fsp3) is 0.571. The molecule has 1 fully saturated rings. The average molecular weight is 258 g/mol. The normalized spacial score (nSPS) is 30.5. The zero-order valence-corrected chi connectivity index (χ0v) is 8.62. The molecule has 1 N–H and O–H groups in total. The quantitative estimate of drug-likeness (QED) is 0.195. The second kappa shape index (κ2) is 4.19. The second-order valence-corrected chi connectivity index (χ2v) is 3.46. The van der Waals surface area contributed by atoms with E-state index in [1.54, 1.807) is 0 Å². The molecule has 18 heavy (non-hydrogen) atoms. The van der Waals surface area contributed by atoms with Crippen LogP contribution in [-0.2, 0) is 19.1 Å². The number of amides is 2. The molecule has 0 saturated carbocycles. The number of nitro groups is 1. The van der Waals surface area contributed by atoms with E-state index in [2.05, 4.69) is 10.3 Å². The Hall–Kier alpha value is -2.27. The minimum absolute atomic E-state index is 0.380. The smallest absolute Gasteiger partial charge is 0.393 e. The predicted octanol–water partition coefficient (Wildman–Crippen LogP) is -2.35. The van der Waals surface area contributed by atoms with Gasteiger partial charge >= 0.3 is 11.8 Å². The van der Waals surface area contributed by atoms with E-state index in [9.17, 15) is 24.5 Å². The maximum absolute atomic E-state index is 11.5. The number of carbonyl (C=O) groups excluding carboxylic acids is 3. The lowest BCUT2D eigenvalue weighted by atomic mass is 10.1. The van der Waals surface area contributed by atoms with Gasteiger partial charge in [0.25, 0.3) is 11.8 Å². The van der Waals surface area contributed by atoms with Gasteiger partial charge < -0.3 is 9.84 Å². The Bertz CT molecular complexity index is 474. The summed E-state index contributed by atoms with van der Waals surface area (Å²) in [5.74, 6) is -4.29. The van der Waals surface area contributed by atoms with Crippen molar-refractivity contribution in [3.05, 3.63) is 10.1 Å². The Morgan fingerprint density at radius 3 is 2.72 bits per heavy atom. The third-order valence-corrected chi connectivity index (χ3v) is 2.32. The van der Waals surface area contributed by atoms with Gasteiger partial charge in [-0.1, -0.05) is 5.22 Å². The first-order valence-electron chi connectivity index (χ1n) is 4.70. The summed E-state index contributed by atoms with van der Waals surface area (Å²) in [6.07, 6.45) is -1.61. The van der Waals surface area contributed by atoms with E-state index in [4.69, 9.17) is 9.84 Å². The maximum atomic E-state index is 11.5. The molecule has 11 nitrogen and oxygen atoms in total. The Morgan fingerprint density at radius 1 is 1.56 bits per heavy atom. The van der Waals surface area contributed by atoms with Crippen LogP contribution in [0, 0.1) is 10.1 Å². The number of hydrogen-bond acceptors (Lipinski definition) is 9. The van der Waals surface area contributed by atoms with Crippen LogP contribution in [0.3, 0.4) is 0 Å². The van der Waals surface area contributed by atoms with E-state index in [0.717, 1.165) is 0 Å². The molecule has 0 aromatic carbocycles. The zero-order chi connectivity index (χ0) is 13.4. The second-order valence-electron chi connectivity index (χ2n) is 3.46. The predicted molar refractivity (Wildman–Crippen MR) is 48.2 cm³/mol. The molecule has 0 aromatic heterocycles. The Morgan fingerprint density at radius 2 is 2.22 bits per heavy atom. The Kier molecular flexibility index (Phi) is 2.84. The molecule has 2 aliphatic heterocycles. The minimum Gasteiger partial charge on any atom is -0.393 e. The van der Waals surface area contributed by atoms with Crippen molar-refractivity contribution in [2.24, 2.45) is 10.3 Å². The van der Waals surface area contributed by atoms with Crippen LogP contribution in [0.15, 0.2) is 10.3 Å². The fourth-order valence-electron chi connectivity index (χ4n) is 1.34. The highest BCUT2D eigenvalue weighted by atomic mass is 16.6. The summed E-state index contributed by atoms with van der Waals surface area (Å²) in [5, 5.41) is 25.8. The molecule has 11 heteroatoms. The highest BCUT2D eigenvalue weighted by Gasteiger charge is 2.53. The summed E-state index contributed by atoms with van der Waals surface area (Å²) in [6.45, 7) is -0.380. The summed E-state index contributed by atoms with van der Waals surface area (Å²) in [4.78, 5) is 42.7. The van der Waals surface area contributed by atoms with E-state index in [1.807, 2.05) is 0 Å². The molecule has 2 aliphatic rings. The highest BCUT2D eigenvalue weighted by Crippen LogP contribution is 2.28. The number of ketones is 1. The fourth-order valence-corrected chi connectivity index (χ4v) is 1.34. The molecule has 1 saturated heterocycles. The molecule has 3 atom stereocenters. The van der Waals surface area contributed by atoms with Crippen molar-refractivity contribution in [1.82, 2.24) is 5.01 Å². The van der Waals surface area contributed by atoms with Gasteiger partial charge in [0.05, 0.1) is 6.61 Å². The Labute approximate surface area is 98.1 Å². The third-order valence-electron chi connectivity index (χ3n) is 2.32. The molecule has 2 rings (SSSR count). The van der Waals surface area contributed by atoms with E-state index in [0.29, 0.717) is 5.01 Å². The summed E-state index contributed by atoms with van der Waals surface area (Å²) in [6, 6.07) is -2.05. The topological polar surface area (TPSA) is 155 Å². The number of Topliss-reactive ketones (excluding diaryl/α,β-unsaturated/α-hetero) is 1. The molecular formula is C7H6N4O7. The monoisotopic (exact) mass is 258 g/mol. The van der Waals surface area contributed by atoms with Gasteiger partial charge in [-0.15, -0.1) is 5.11 Å². The summed E-state index contributed by atoms with van der Waals surface area (Å²) >= 11 is 0. The van der Waals surface area contributed by atoms with Crippen LogP contribution in [0.4, 0.5) is 0 Å². The van der Waals surface area contributed by atoms with Crippen LogP contribution in [0.2, 0.25) is 0 Å². The van der Waals surface area contributed by atoms with Gasteiger partial charge in [-0.25, -0.2) is 4.79 Å². The lowest BCUT2D eigenvalue weighted by Gasteiger charge is -2.17. The molecule has 0 aliphatic carbocycles. The van der Waals surface area contributed by atoms with Crippen LogP contribution in [-0.4, -0.2) is 57.6 Å². The molecule has 0 bridgehead atoms.